The number of anilines is 4. The van der Waals surface area contributed by atoms with Crippen molar-refractivity contribution in [2.75, 3.05) is 10.6 Å². The molecule has 150 valence electrons. The van der Waals surface area contributed by atoms with Crippen LogP contribution in [0.4, 0.5) is 23.3 Å². The molecule has 0 saturated carbocycles. The van der Waals surface area contributed by atoms with Crippen LogP contribution in [0, 0.1) is 20.8 Å². The number of hydrogen-bond acceptors (Lipinski definition) is 6. The summed E-state index contributed by atoms with van der Waals surface area (Å²) in [5.74, 6) is 3.09. The van der Waals surface area contributed by atoms with Crippen LogP contribution >= 0.6 is 0 Å². The first-order chi connectivity index (χ1) is 14.5. The molecule has 1 aromatic heterocycles. The van der Waals surface area contributed by atoms with E-state index < -0.39 is 0 Å². The molecule has 4 aromatic rings. The van der Waals surface area contributed by atoms with Gasteiger partial charge in [-0.1, -0.05) is 42.0 Å². The Morgan fingerprint density at radius 3 is 2.17 bits per heavy atom. The number of nitrogens with zero attached hydrogens (tertiary/aromatic N) is 3. The van der Waals surface area contributed by atoms with Crippen LogP contribution in [0.2, 0.25) is 0 Å². The smallest absolute Gasteiger partial charge is 0.232 e. The summed E-state index contributed by atoms with van der Waals surface area (Å²) in [7, 11) is 0. The molecule has 0 spiro atoms. The van der Waals surface area contributed by atoms with Gasteiger partial charge in [-0.25, -0.2) is 0 Å². The molecule has 0 aliphatic carbocycles. The molecule has 4 rings (SSSR count). The Labute approximate surface area is 176 Å². The highest BCUT2D eigenvalue weighted by Gasteiger charge is 2.07. The first-order valence-corrected chi connectivity index (χ1v) is 9.72. The van der Waals surface area contributed by atoms with Crippen molar-refractivity contribution in [1.29, 1.82) is 0 Å². The van der Waals surface area contributed by atoms with Gasteiger partial charge in [0.2, 0.25) is 11.9 Å². The Hall–Kier alpha value is -3.93. The number of hydrogen-bond donors (Lipinski definition) is 2. The second-order valence-corrected chi connectivity index (χ2v) is 7.04. The average molecular weight is 397 g/mol. The molecular formula is C24H23N5O. The van der Waals surface area contributed by atoms with Crippen LogP contribution in [0.25, 0.3) is 0 Å². The van der Waals surface area contributed by atoms with E-state index in [1.807, 2.05) is 67.6 Å². The molecule has 0 atom stereocenters. The van der Waals surface area contributed by atoms with Gasteiger partial charge in [0.05, 0.1) is 0 Å². The average Bonchev–Trinajstić information content (AvgIpc) is 2.71. The summed E-state index contributed by atoms with van der Waals surface area (Å²) in [5.41, 5.74) is 4.14. The normalized spacial score (nSPS) is 10.5. The number of rotatable bonds is 6. The van der Waals surface area contributed by atoms with Crippen molar-refractivity contribution in [2.24, 2.45) is 0 Å². The molecule has 0 radical (unpaired) electrons. The molecule has 0 aliphatic heterocycles. The summed E-state index contributed by atoms with van der Waals surface area (Å²) in [6.45, 7) is 5.97. The van der Waals surface area contributed by atoms with E-state index in [4.69, 9.17) is 4.74 Å². The van der Waals surface area contributed by atoms with Crippen LogP contribution in [0.5, 0.6) is 11.5 Å². The lowest BCUT2D eigenvalue weighted by Gasteiger charge is -2.12. The van der Waals surface area contributed by atoms with E-state index in [0.29, 0.717) is 17.7 Å². The van der Waals surface area contributed by atoms with Crippen molar-refractivity contribution in [3.05, 3.63) is 89.7 Å². The second kappa shape index (κ2) is 8.61. The zero-order valence-corrected chi connectivity index (χ0v) is 17.2. The van der Waals surface area contributed by atoms with E-state index in [1.165, 1.54) is 5.56 Å². The minimum absolute atomic E-state index is 0.464. The topological polar surface area (TPSA) is 72.0 Å². The summed E-state index contributed by atoms with van der Waals surface area (Å²) in [5, 5.41) is 6.52. The molecule has 0 saturated heterocycles. The third-order valence-electron chi connectivity index (χ3n) is 4.44. The van der Waals surface area contributed by atoms with Crippen molar-refractivity contribution in [3.63, 3.8) is 0 Å². The van der Waals surface area contributed by atoms with Gasteiger partial charge in [-0.2, -0.15) is 15.0 Å². The molecular weight excluding hydrogens is 374 g/mol. The fraction of sp³-hybridized carbons (Fsp3) is 0.125. The largest absolute Gasteiger partial charge is 0.457 e. The molecule has 30 heavy (non-hydrogen) atoms. The van der Waals surface area contributed by atoms with Gasteiger partial charge in [-0.05, 0) is 56.7 Å². The maximum atomic E-state index is 5.90. The van der Waals surface area contributed by atoms with E-state index >= 15 is 0 Å². The first kappa shape index (κ1) is 19.4. The lowest BCUT2D eigenvalue weighted by Crippen LogP contribution is -2.06. The lowest BCUT2D eigenvalue weighted by atomic mass is 10.1. The molecule has 6 heteroatoms. The predicted octanol–water partition coefficient (Wildman–Crippen LogP) is 6.08. The standard InChI is InChI=1S/C24H23N5O/c1-16-12-13-22(17(2)14-16)28-24-26-18(3)25-23(29-24)27-19-8-7-11-21(15-19)30-20-9-5-4-6-10-20/h4-15H,1-3H3,(H2,25,26,27,28,29). The molecule has 6 nitrogen and oxygen atoms in total. The number of ether oxygens (including phenoxy) is 1. The maximum Gasteiger partial charge on any atom is 0.232 e. The Morgan fingerprint density at radius 2 is 1.40 bits per heavy atom. The highest BCUT2D eigenvalue weighted by Crippen LogP contribution is 2.26. The van der Waals surface area contributed by atoms with E-state index in [-0.39, 0.29) is 0 Å². The molecule has 0 bridgehead atoms. The zero-order valence-electron chi connectivity index (χ0n) is 17.2. The first-order valence-electron chi connectivity index (χ1n) is 9.72. The Bertz CT molecular complexity index is 1160. The molecule has 3 aromatic carbocycles. The van der Waals surface area contributed by atoms with Gasteiger partial charge in [-0.15, -0.1) is 0 Å². The van der Waals surface area contributed by atoms with E-state index in [9.17, 15) is 0 Å². The Morgan fingerprint density at radius 1 is 0.667 bits per heavy atom. The molecule has 0 fully saturated rings. The highest BCUT2D eigenvalue weighted by atomic mass is 16.5. The quantitative estimate of drug-likeness (QED) is 0.411. The third kappa shape index (κ3) is 4.91. The van der Waals surface area contributed by atoms with Crippen molar-refractivity contribution < 1.29 is 4.74 Å². The summed E-state index contributed by atoms with van der Waals surface area (Å²) in [6.07, 6.45) is 0. The highest BCUT2D eigenvalue weighted by molar-refractivity contribution is 5.61. The number of nitrogens with one attached hydrogen (secondary N) is 2. The van der Waals surface area contributed by atoms with Crippen molar-refractivity contribution in [3.8, 4) is 11.5 Å². The molecule has 0 aliphatic rings. The molecule has 2 N–H and O–H groups in total. The Kier molecular flexibility index (Phi) is 5.57. The number of aryl methyl sites for hydroxylation is 3. The monoisotopic (exact) mass is 397 g/mol. The molecule has 1 heterocycles. The summed E-state index contributed by atoms with van der Waals surface area (Å²) >= 11 is 0. The van der Waals surface area contributed by atoms with Gasteiger partial charge in [0, 0.05) is 17.4 Å². The van der Waals surface area contributed by atoms with E-state index in [0.717, 1.165) is 28.4 Å². The summed E-state index contributed by atoms with van der Waals surface area (Å²) in [4.78, 5) is 13.3. The van der Waals surface area contributed by atoms with Crippen LogP contribution in [0.1, 0.15) is 17.0 Å². The van der Waals surface area contributed by atoms with Gasteiger partial charge in [-0.3, -0.25) is 0 Å². The molecule has 0 amide bonds. The van der Waals surface area contributed by atoms with Crippen molar-refractivity contribution in [1.82, 2.24) is 15.0 Å². The van der Waals surface area contributed by atoms with Gasteiger partial charge in [0.15, 0.2) is 0 Å². The van der Waals surface area contributed by atoms with Crippen LogP contribution in [0.3, 0.4) is 0 Å². The fourth-order valence-electron chi connectivity index (χ4n) is 3.06. The van der Waals surface area contributed by atoms with Gasteiger partial charge in [0.1, 0.15) is 17.3 Å². The Balaban J connectivity index is 1.53. The summed E-state index contributed by atoms with van der Waals surface area (Å²) in [6, 6.07) is 23.5. The number of aromatic nitrogens is 3. The van der Waals surface area contributed by atoms with Crippen LogP contribution < -0.4 is 15.4 Å². The number of para-hydroxylation sites is 1. The lowest BCUT2D eigenvalue weighted by molar-refractivity contribution is 0.483. The van der Waals surface area contributed by atoms with Crippen molar-refractivity contribution >= 4 is 23.3 Å². The van der Waals surface area contributed by atoms with Crippen molar-refractivity contribution in [2.45, 2.75) is 20.8 Å². The minimum Gasteiger partial charge on any atom is -0.457 e. The third-order valence-corrected chi connectivity index (χ3v) is 4.44. The predicted molar refractivity (Wildman–Crippen MR) is 120 cm³/mol. The SMILES string of the molecule is Cc1ccc(Nc2nc(C)nc(Nc3cccc(Oc4ccccc4)c3)n2)c(C)c1. The maximum absolute atomic E-state index is 5.90. The van der Waals surface area contributed by atoms with Crippen LogP contribution in [-0.4, -0.2) is 15.0 Å². The van der Waals surface area contributed by atoms with E-state index in [1.54, 1.807) is 0 Å². The van der Waals surface area contributed by atoms with E-state index in [2.05, 4.69) is 51.6 Å². The van der Waals surface area contributed by atoms with Gasteiger partial charge >= 0.3 is 0 Å². The fourth-order valence-corrected chi connectivity index (χ4v) is 3.06. The second-order valence-electron chi connectivity index (χ2n) is 7.04. The van der Waals surface area contributed by atoms with Crippen LogP contribution in [0.15, 0.2) is 72.8 Å². The zero-order chi connectivity index (χ0) is 20.9. The van der Waals surface area contributed by atoms with Crippen LogP contribution in [-0.2, 0) is 0 Å². The van der Waals surface area contributed by atoms with Gasteiger partial charge < -0.3 is 15.4 Å². The van der Waals surface area contributed by atoms with Gasteiger partial charge in [0.25, 0.3) is 0 Å². The summed E-state index contributed by atoms with van der Waals surface area (Å²) < 4.78 is 5.90. The molecule has 0 unspecified atom stereocenters. The minimum atomic E-state index is 0.464. The number of benzene rings is 3.